The number of nitrogens with zero attached hydrogens (tertiary/aromatic N) is 2. The van der Waals surface area contributed by atoms with Crippen LogP contribution in [0.2, 0.25) is 0 Å². The van der Waals surface area contributed by atoms with Crippen LogP contribution in [0.25, 0.3) is 0 Å². The average molecular weight is 209 g/mol. The summed E-state index contributed by atoms with van der Waals surface area (Å²) in [5.74, 6) is 2.57. The molecule has 4 nitrogen and oxygen atoms in total. The van der Waals surface area contributed by atoms with Crippen LogP contribution in [-0.2, 0) is 4.74 Å². The van der Waals surface area contributed by atoms with Crippen LogP contribution in [0.15, 0.2) is 12.3 Å². The molecule has 2 fully saturated rings. The van der Waals surface area contributed by atoms with Crippen LogP contribution in [0.3, 0.4) is 0 Å². The molecule has 2 atom stereocenters. The van der Waals surface area contributed by atoms with E-state index in [9.17, 15) is 0 Å². The number of nitrogen functional groups attached to an aromatic ring is 1. The molecule has 0 amide bonds. The Labute approximate surface area is 90.4 Å². The van der Waals surface area contributed by atoms with Gasteiger partial charge in [-0.25, -0.2) is 0 Å². The van der Waals surface area contributed by atoms with Gasteiger partial charge < -0.3 is 10.5 Å². The zero-order valence-corrected chi connectivity index (χ0v) is 9.39. The molecule has 0 radical (unpaired) electrons. The molecular formula is C11H19N3O. The minimum absolute atomic E-state index is 0.405. The molecule has 1 aliphatic carbocycles. The van der Waals surface area contributed by atoms with Crippen LogP contribution in [0.5, 0.6) is 0 Å². The first-order valence-corrected chi connectivity index (χ1v) is 5.55. The molecule has 1 aliphatic heterocycles. The third-order valence-corrected chi connectivity index (χ3v) is 2.89. The van der Waals surface area contributed by atoms with E-state index in [1.807, 2.05) is 10.9 Å². The first-order chi connectivity index (χ1) is 7.16. The van der Waals surface area contributed by atoms with Gasteiger partial charge in [-0.3, -0.25) is 4.68 Å². The fraction of sp³-hybridized carbons (Fsp3) is 0.727. The summed E-state index contributed by atoms with van der Waals surface area (Å²) in [6, 6.07) is 2.20. The summed E-state index contributed by atoms with van der Waals surface area (Å²) in [6.07, 6.45) is 3.33. The lowest BCUT2D eigenvalue weighted by atomic mass is 10.4. The van der Waals surface area contributed by atoms with Crippen LogP contribution in [0.1, 0.15) is 26.3 Å². The largest absolute Gasteiger partial charge is 0.382 e. The van der Waals surface area contributed by atoms with Crippen molar-refractivity contribution in [2.45, 2.75) is 26.3 Å². The van der Waals surface area contributed by atoms with E-state index in [1.54, 1.807) is 6.07 Å². The summed E-state index contributed by atoms with van der Waals surface area (Å²) in [4.78, 5) is 0. The molecule has 0 aromatic carbocycles. The van der Waals surface area contributed by atoms with E-state index in [4.69, 9.17) is 10.5 Å². The lowest BCUT2D eigenvalue weighted by Crippen LogP contribution is -2.01. The van der Waals surface area contributed by atoms with E-state index < -0.39 is 0 Å². The Kier molecular flexibility index (Phi) is 2.95. The second-order valence-corrected chi connectivity index (χ2v) is 4.61. The van der Waals surface area contributed by atoms with Crippen molar-refractivity contribution in [2.24, 2.45) is 11.8 Å². The molecule has 0 spiro atoms. The second-order valence-electron chi connectivity index (χ2n) is 4.61. The predicted molar refractivity (Wildman–Crippen MR) is 59.4 cm³/mol. The number of hydrogen-bond donors (Lipinski definition) is 1. The third kappa shape index (κ3) is 2.72. The van der Waals surface area contributed by atoms with Crippen molar-refractivity contribution in [1.82, 2.24) is 9.78 Å². The molecule has 2 heterocycles. The highest BCUT2D eigenvalue weighted by Gasteiger charge is 2.41. The average Bonchev–Trinajstić information content (AvgIpc) is 2.66. The highest BCUT2D eigenvalue weighted by Crippen LogP contribution is 2.43. The zero-order chi connectivity index (χ0) is 10.8. The van der Waals surface area contributed by atoms with Crippen molar-refractivity contribution in [2.75, 3.05) is 18.9 Å². The van der Waals surface area contributed by atoms with Gasteiger partial charge in [0.1, 0.15) is 5.82 Å². The number of anilines is 1. The second kappa shape index (κ2) is 4.23. The summed E-state index contributed by atoms with van der Waals surface area (Å²) in [5.41, 5.74) is 5.38. The summed E-state index contributed by atoms with van der Waals surface area (Å²) in [6.45, 7) is 6.24. The molecular weight excluding hydrogens is 190 g/mol. The van der Waals surface area contributed by atoms with Gasteiger partial charge in [-0.2, -0.15) is 5.10 Å². The van der Waals surface area contributed by atoms with Crippen LogP contribution >= 0.6 is 0 Å². The number of ether oxygens (including phenoxy) is 1. The van der Waals surface area contributed by atoms with Crippen LogP contribution in [-0.4, -0.2) is 23.0 Å². The highest BCUT2D eigenvalue weighted by molar-refractivity contribution is 5.23. The quantitative estimate of drug-likeness (QED) is 0.766. The molecule has 1 saturated carbocycles. The number of rotatable bonds is 1. The van der Waals surface area contributed by atoms with Crippen LogP contribution in [0, 0.1) is 11.8 Å². The smallest absolute Gasteiger partial charge is 0.145 e. The summed E-state index contributed by atoms with van der Waals surface area (Å²) in [5, 5.41) is 4.00. The van der Waals surface area contributed by atoms with E-state index in [0.717, 1.165) is 25.0 Å². The highest BCUT2D eigenvalue weighted by atomic mass is 16.5. The Balaban J connectivity index is 0.000000121. The van der Waals surface area contributed by atoms with E-state index >= 15 is 0 Å². The number of nitrogens with two attached hydrogens (primary N) is 1. The fourth-order valence-electron chi connectivity index (χ4n) is 1.73. The number of fused-ring (bicyclic) bond motifs is 1. The molecule has 1 saturated heterocycles. The Hall–Kier alpha value is -1.03. The van der Waals surface area contributed by atoms with Gasteiger partial charge in [0.05, 0.1) is 0 Å². The van der Waals surface area contributed by atoms with Crippen LogP contribution < -0.4 is 5.73 Å². The van der Waals surface area contributed by atoms with Gasteiger partial charge in [0.25, 0.3) is 0 Å². The van der Waals surface area contributed by atoms with Crippen molar-refractivity contribution >= 4 is 5.82 Å². The zero-order valence-electron chi connectivity index (χ0n) is 9.39. The van der Waals surface area contributed by atoms with E-state index in [-0.39, 0.29) is 0 Å². The molecule has 3 rings (SSSR count). The van der Waals surface area contributed by atoms with E-state index in [2.05, 4.69) is 18.9 Å². The molecule has 1 aromatic heterocycles. The maximum Gasteiger partial charge on any atom is 0.145 e. The Morgan fingerprint density at radius 1 is 1.47 bits per heavy atom. The third-order valence-electron chi connectivity index (χ3n) is 2.89. The Morgan fingerprint density at radius 2 is 2.13 bits per heavy atom. The van der Waals surface area contributed by atoms with Gasteiger partial charge >= 0.3 is 0 Å². The maximum atomic E-state index is 5.38. The fourth-order valence-corrected chi connectivity index (χ4v) is 1.73. The van der Waals surface area contributed by atoms with Crippen LogP contribution in [0.4, 0.5) is 5.82 Å². The van der Waals surface area contributed by atoms with E-state index in [1.165, 1.54) is 6.42 Å². The van der Waals surface area contributed by atoms with Crippen molar-refractivity contribution in [1.29, 1.82) is 0 Å². The van der Waals surface area contributed by atoms with Gasteiger partial charge in [0.2, 0.25) is 0 Å². The molecule has 2 N–H and O–H groups in total. The predicted octanol–water partition coefficient (Wildman–Crippen LogP) is 1.70. The van der Waals surface area contributed by atoms with Gasteiger partial charge in [0, 0.05) is 25.5 Å². The molecule has 1 aromatic rings. The minimum Gasteiger partial charge on any atom is -0.382 e. The molecule has 15 heavy (non-hydrogen) atoms. The number of hydrogen-bond acceptors (Lipinski definition) is 3. The Bertz CT molecular complexity index is 313. The molecule has 2 unspecified atom stereocenters. The summed E-state index contributed by atoms with van der Waals surface area (Å²) < 4.78 is 6.94. The summed E-state index contributed by atoms with van der Waals surface area (Å²) >= 11 is 0. The first-order valence-electron chi connectivity index (χ1n) is 5.55. The molecule has 84 valence electrons. The van der Waals surface area contributed by atoms with Crippen molar-refractivity contribution in [3.05, 3.63) is 12.3 Å². The lowest BCUT2D eigenvalue weighted by Gasteiger charge is -2.02. The van der Waals surface area contributed by atoms with Gasteiger partial charge in [-0.05, 0) is 38.2 Å². The lowest BCUT2D eigenvalue weighted by molar-refractivity contribution is 0.165. The summed E-state index contributed by atoms with van der Waals surface area (Å²) in [7, 11) is 0. The van der Waals surface area contributed by atoms with Crippen molar-refractivity contribution in [3.63, 3.8) is 0 Å². The normalized spacial score (nSPS) is 27.1. The molecule has 2 aliphatic rings. The monoisotopic (exact) mass is 209 g/mol. The van der Waals surface area contributed by atoms with Crippen molar-refractivity contribution in [3.8, 4) is 0 Å². The first kappa shape index (κ1) is 10.5. The minimum atomic E-state index is 0.405. The van der Waals surface area contributed by atoms with Crippen molar-refractivity contribution < 1.29 is 4.74 Å². The number of aromatic nitrogens is 2. The van der Waals surface area contributed by atoms with E-state index in [0.29, 0.717) is 11.9 Å². The topological polar surface area (TPSA) is 53.1 Å². The molecule has 4 heteroatoms. The Morgan fingerprint density at radius 3 is 2.33 bits per heavy atom. The van der Waals surface area contributed by atoms with Gasteiger partial charge in [-0.15, -0.1) is 0 Å². The molecule has 0 bridgehead atoms. The maximum absolute atomic E-state index is 5.38. The standard InChI is InChI=1S/C6H11N3.C5H8O/c1-5(2)9-4-3-6(7)8-9;1-4-2-6-3-5(1)4/h3-5H,1-2H3,(H2,7,8);4-5H,1-3H2. The van der Waals surface area contributed by atoms with Gasteiger partial charge in [-0.1, -0.05) is 0 Å². The SMILES string of the molecule is C1OCC2CC12.CC(C)n1ccc(N)n1. The van der Waals surface area contributed by atoms with Gasteiger partial charge in [0.15, 0.2) is 0 Å².